The monoisotopic (exact) mass is 295 g/mol. The lowest BCUT2D eigenvalue weighted by Crippen LogP contribution is -2.32. The van der Waals surface area contributed by atoms with Crippen molar-refractivity contribution >= 4 is 22.0 Å². The number of ether oxygens (including phenoxy) is 1. The van der Waals surface area contributed by atoms with Crippen LogP contribution in [0.4, 0.5) is 0 Å². The fourth-order valence-electron chi connectivity index (χ4n) is 2.39. The van der Waals surface area contributed by atoms with E-state index in [1.807, 2.05) is 19.1 Å². The third-order valence-electron chi connectivity index (χ3n) is 3.39. The van der Waals surface area contributed by atoms with E-state index >= 15 is 0 Å². The number of methoxy groups -OCH3 is 1. The molecule has 0 saturated heterocycles. The number of hydrogen-bond donors (Lipinski definition) is 0. The summed E-state index contributed by atoms with van der Waals surface area (Å²) >= 11 is 3.48. The second kappa shape index (κ2) is 4.63. The molecule has 1 aliphatic carbocycles. The second-order valence-electron chi connectivity index (χ2n) is 4.39. The van der Waals surface area contributed by atoms with E-state index in [1.54, 1.807) is 13.2 Å². The van der Waals surface area contributed by atoms with Crippen molar-refractivity contribution in [2.45, 2.75) is 31.7 Å². The summed E-state index contributed by atoms with van der Waals surface area (Å²) in [6.45, 7) is 1.99. The van der Waals surface area contributed by atoms with Crippen LogP contribution in [0.25, 0.3) is 0 Å². The van der Waals surface area contributed by atoms with Gasteiger partial charge in [0.25, 0.3) is 0 Å². The molecule has 0 aliphatic heterocycles. The molecule has 0 aromatic heterocycles. The fourth-order valence-corrected chi connectivity index (χ4v) is 2.96. The highest BCUT2D eigenvalue weighted by Gasteiger charge is 2.41. The van der Waals surface area contributed by atoms with Crippen molar-refractivity contribution < 1.29 is 9.53 Å². The SMILES string of the molecule is COc1c(C)cc(Br)cc1C1(N=C=O)CCC1. The Kier molecular flexibility index (Phi) is 3.36. The van der Waals surface area contributed by atoms with Gasteiger partial charge in [0.1, 0.15) is 11.3 Å². The van der Waals surface area contributed by atoms with Crippen LogP contribution in [-0.4, -0.2) is 13.2 Å². The number of nitrogens with zero attached hydrogens (tertiary/aromatic N) is 1. The summed E-state index contributed by atoms with van der Waals surface area (Å²) in [7, 11) is 1.65. The van der Waals surface area contributed by atoms with Crippen molar-refractivity contribution in [2.75, 3.05) is 7.11 Å². The van der Waals surface area contributed by atoms with Crippen molar-refractivity contribution in [3.63, 3.8) is 0 Å². The molecule has 1 aromatic rings. The van der Waals surface area contributed by atoms with Crippen LogP contribution >= 0.6 is 15.9 Å². The minimum Gasteiger partial charge on any atom is -0.496 e. The molecule has 2 rings (SSSR count). The van der Waals surface area contributed by atoms with Crippen molar-refractivity contribution in [1.29, 1.82) is 0 Å². The van der Waals surface area contributed by atoms with E-state index < -0.39 is 5.54 Å². The van der Waals surface area contributed by atoms with Gasteiger partial charge in [0.05, 0.1) is 7.11 Å². The minimum atomic E-state index is -0.415. The summed E-state index contributed by atoms with van der Waals surface area (Å²) in [5.74, 6) is 0.826. The number of carbonyl (C=O) groups excluding carboxylic acids is 1. The van der Waals surface area contributed by atoms with Gasteiger partial charge in [-0.05, 0) is 43.9 Å². The van der Waals surface area contributed by atoms with Crippen LogP contribution in [0.15, 0.2) is 21.6 Å². The van der Waals surface area contributed by atoms with Crippen molar-refractivity contribution in [3.8, 4) is 5.75 Å². The molecular weight excluding hydrogens is 282 g/mol. The van der Waals surface area contributed by atoms with Crippen molar-refractivity contribution in [2.24, 2.45) is 4.99 Å². The quantitative estimate of drug-likeness (QED) is 0.632. The first kappa shape index (κ1) is 12.3. The molecule has 1 fully saturated rings. The Morgan fingerprint density at radius 1 is 1.47 bits per heavy atom. The van der Waals surface area contributed by atoms with Gasteiger partial charge in [-0.1, -0.05) is 15.9 Å². The summed E-state index contributed by atoms with van der Waals surface area (Å²) in [6.07, 6.45) is 4.55. The zero-order chi connectivity index (χ0) is 12.5. The van der Waals surface area contributed by atoms with Crippen LogP contribution in [0.5, 0.6) is 5.75 Å². The first-order valence-electron chi connectivity index (χ1n) is 5.56. The van der Waals surface area contributed by atoms with E-state index in [9.17, 15) is 4.79 Å². The Bertz CT molecular complexity index is 488. The summed E-state index contributed by atoms with van der Waals surface area (Å²) in [4.78, 5) is 14.6. The average Bonchev–Trinajstić information content (AvgIpc) is 2.22. The number of halogens is 1. The average molecular weight is 296 g/mol. The van der Waals surface area contributed by atoms with E-state index in [0.29, 0.717) is 0 Å². The highest BCUT2D eigenvalue weighted by Crippen LogP contribution is 2.49. The first-order valence-corrected chi connectivity index (χ1v) is 6.36. The number of hydrogen-bond acceptors (Lipinski definition) is 3. The maximum atomic E-state index is 10.6. The molecule has 4 heteroatoms. The highest BCUT2D eigenvalue weighted by atomic mass is 79.9. The van der Waals surface area contributed by atoms with E-state index in [1.165, 1.54) is 0 Å². The highest BCUT2D eigenvalue weighted by molar-refractivity contribution is 9.10. The van der Waals surface area contributed by atoms with Gasteiger partial charge in [-0.25, -0.2) is 4.79 Å². The molecule has 0 amide bonds. The van der Waals surface area contributed by atoms with E-state index in [0.717, 1.165) is 40.6 Å². The summed E-state index contributed by atoms with van der Waals surface area (Å²) in [5, 5.41) is 0. The molecular formula is C13H14BrNO2. The number of aryl methyl sites for hydroxylation is 1. The molecule has 0 N–H and O–H groups in total. The van der Waals surface area contributed by atoms with Gasteiger partial charge in [0.15, 0.2) is 0 Å². The third-order valence-corrected chi connectivity index (χ3v) is 3.84. The van der Waals surface area contributed by atoms with E-state index in [-0.39, 0.29) is 0 Å². The molecule has 1 saturated carbocycles. The van der Waals surface area contributed by atoms with Gasteiger partial charge in [0.2, 0.25) is 6.08 Å². The first-order chi connectivity index (χ1) is 8.13. The smallest absolute Gasteiger partial charge is 0.235 e. The normalized spacial score (nSPS) is 16.9. The lowest BCUT2D eigenvalue weighted by atomic mass is 9.71. The van der Waals surface area contributed by atoms with Gasteiger partial charge in [0, 0.05) is 10.0 Å². The molecule has 0 unspecified atom stereocenters. The van der Waals surface area contributed by atoms with Crippen molar-refractivity contribution in [3.05, 3.63) is 27.7 Å². The van der Waals surface area contributed by atoms with Crippen LogP contribution in [0.3, 0.4) is 0 Å². The summed E-state index contributed by atoms with van der Waals surface area (Å²) in [6, 6.07) is 3.99. The lowest BCUT2D eigenvalue weighted by molar-refractivity contribution is 0.245. The summed E-state index contributed by atoms with van der Waals surface area (Å²) in [5.41, 5.74) is 1.62. The number of isocyanates is 1. The molecule has 0 heterocycles. The second-order valence-corrected chi connectivity index (χ2v) is 5.31. The predicted molar refractivity (Wildman–Crippen MR) is 69.1 cm³/mol. The number of rotatable bonds is 3. The maximum absolute atomic E-state index is 10.6. The molecule has 17 heavy (non-hydrogen) atoms. The Morgan fingerprint density at radius 2 is 2.18 bits per heavy atom. The molecule has 0 bridgehead atoms. The van der Waals surface area contributed by atoms with Crippen LogP contribution in [0, 0.1) is 6.92 Å². The summed E-state index contributed by atoms with van der Waals surface area (Å²) < 4.78 is 6.43. The molecule has 0 radical (unpaired) electrons. The molecule has 0 atom stereocenters. The Labute approximate surface area is 109 Å². The Morgan fingerprint density at radius 3 is 2.65 bits per heavy atom. The Hall–Kier alpha value is -1.12. The van der Waals surface area contributed by atoms with E-state index in [2.05, 4.69) is 20.9 Å². The minimum absolute atomic E-state index is 0.415. The van der Waals surface area contributed by atoms with Gasteiger partial charge in [-0.15, -0.1) is 0 Å². The van der Waals surface area contributed by atoms with Gasteiger partial charge in [-0.2, -0.15) is 4.99 Å². The largest absolute Gasteiger partial charge is 0.496 e. The van der Waals surface area contributed by atoms with E-state index in [4.69, 9.17) is 4.74 Å². The molecule has 3 nitrogen and oxygen atoms in total. The van der Waals surface area contributed by atoms with Gasteiger partial charge >= 0.3 is 0 Å². The zero-order valence-electron chi connectivity index (χ0n) is 9.92. The zero-order valence-corrected chi connectivity index (χ0v) is 11.5. The van der Waals surface area contributed by atoms with Crippen LogP contribution < -0.4 is 4.74 Å². The molecule has 90 valence electrons. The van der Waals surface area contributed by atoms with Crippen LogP contribution in [0.2, 0.25) is 0 Å². The molecule has 1 aliphatic rings. The maximum Gasteiger partial charge on any atom is 0.235 e. The number of benzene rings is 1. The predicted octanol–water partition coefficient (Wildman–Crippen LogP) is 3.48. The van der Waals surface area contributed by atoms with Gasteiger partial charge in [-0.3, -0.25) is 0 Å². The van der Waals surface area contributed by atoms with Crippen LogP contribution in [0.1, 0.15) is 30.4 Å². The lowest BCUT2D eigenvalue weighted by Gasteiger charge is -2.38. The molecule has 0 spiro atoms. The van der Waals surface area contributed by atoms with Crippen molar-refractivity contribution in [1.82, 2.24) is 0 Å². The van der Waals surface area contributed by atoms with Gasteiger partial charge < -0.3 is 4.74 Å². The topological polar surface area (TPSA) is 38.7 Å². The Balaban J connectivity index is 2.60. The third kappa shape index (κ3) is 2.03. The standard InChI is InChI=1S/C13H14BrNO2/c1-9-6-10(14)7-11(12(9)17-2)13(15-8-16)4-3-5-13/h6-7H,3-5H2,1-2H3. The van der Waals surface area contributed by atoms with Crippen LogP contribution in [-0.2, 0) is 10.3 Å². The number of aliphatic imine (C=N–C) groups is 1. The molecule has 1 aromatic carbocycles. The fraction of sp³-hybridized carbons (Fsp3) is 0.462.